The van der Waals surface area contributed by atoms with Gasteiger partial charge in [0.05, 0.1) is 0 Å². The van der Waals surface area contributed by atoms with Gasteiger partial charge in [0.15, 0.2) is 0 Å². The van der Waals surface area contributed by atoms with Gasteiger partial charge in [-0.3, -0.25) is 4.79 Å². The average molecular weight is 206 g/mol. The highest BCUT2D eigenvalue weighted by Gasteiger charge is 2.03. The fraction of sp³-hybridized carbons (Fsp3) is 0.308. The summed E-state index contributed by atoms with van der Waals surface area (Å²) >= 11 is 0. The van der Waals surface area contributed by atoms with Crippen molar-refractivity contribution < 1.29 is 9.18 Å². The van der Waals surface area contributed by atoms with Gasteiger partial charge in [-0.25, -0.2) is 4.39 Å². The van der Waals surface area contributed by atoms with E-state index in [0.29, 0.717) is 12.8 Å². The molecule has 1 nitrogen and oxygen atoms in total. The minimum atomic E-state index is -0.266. The van der Waals surface area contributed by atoms with Crippen LogP contribution in [0.1, 0.15) is 24.8 Å². The van der Waals surface area contributed by atoms with E-state index in [4.69, 9.17) is 0 Å². The van der Waals surface area contributed by atoms with E-state index in [0.717, 1.165) is 18.4 Å². The van der Waals surface area contributed by atoms with Gasteiger partial charge in [0.1, 0.15) is 11.6 Å². The van der Waals surface area contributed by atoms with Crippen molar-refractivity contribution in [1.29, 1.82) is 0 Å². The first-order valence-corrected chi connectivity index (χ1v) is 5.09. The van der Waals surface area contributed by atoms with Crippen molar-refractivity contribution in [2.24, 2.45) is 0 Å². The molecule has 15 heavy (non-hydrogen) atoms. The Bertz CT molecular complexity index is 327. The second-order valence-corrected chi connectivity index (χ2v) is 3.52. The first-order valence-electron chi connectivity index (χ1n) is 5.09. The Balaban J connectivity index is 2.37. The van der Waals surface area contributed by atoms with E-state index in [1.54, 1.807) is 12.1 Å². The fourth-order valence-corrected chi connectivity index (χ4v) is 1.36. The van der Waals surface area contributed by atoms with E-state index >= 15 is 0 Å². The number of unbranched alkanes of at least 4 members (excludes halogenated alkanes) is 1. The molecule has 0 N–H and O–H groups in total. The lowest BCUT2D eigenvalue weighted by molar-refractivity contribution is -0.118. The van der Waals surface area contributed by atoms with Crippen LogP contribution in [-0.2, 0) is 11.2 Å². The summed E-state index contributed by atoms with van der Waals surface area (Å²) in [5.74, 6) is -0.0682. The van der Waals surface area contributed by atoms with Crippen molar-refractivity contribution in [2.45, 2.75) is 25.7 Å². The Morgan fingerprint density at radius 2 is 2.00 bits per heavy atom. The molecule has 0 aliphatic carbocycles. The summed E-state index contributed by atoms with van der Waals surface area (Å²) < 4.78 is 12.6. The van der Waals surface area contributed by atoms with Gasteiger partial charge in [-0.15, -0.1) is 6.58 Å². The van der Waals surface area contributed by atoms with Gasteiger partial charge in [-0.1, -0.05) is 18.2 Å². The van der Waals surface area contributed by atoms with Crippen LogP contribution in [0.5, 0.6) is 0 Å². The normalized spacial score (nSPS) is 9.93. The molecular formula is C13H15FO. The minimum Gasteiger partial charge on any atom is -0.299 e. The van der Waals surface area contributed by atoms with Crippen LogP contribution in [0.25, 0.3) is 0 Å². The molecule has 0 aliphatic heterocycles. The van der Waals surface area contributed by atoms with Crippen LogP contribution >= 0.6 is 0 Å². The van der Waals surface area contributed by atoms with Crippen molar-refractivity contribution in [3.63, 3.8) is 0 Å². The number of halogens is 1. The van der Waals surface area contributed by atoms with Crippen molar-refractivity contribution in [1.82, 2.24) is 0 Å². The molecule has 0 fully saturated rings. The lowest BCUT2D eigenvalue weighted by Crippen LogP contribution is -2.02. The van der Waals surface area contributed by atoms with Crippen molar-refractivity contribution in [2.75, 3.05) is 0 Å². The lowest BCUT2D eigenvalue weighted by Gasteiger charge is -2.00. The number of carbonyl (C=O) groups is 1. The van der Waals surface area contributed by atoms with Gasteiger partial charge in [0.2, 0.25) is 0 Å². The third kappa shape index (κ3) is 4.54. The molecule has 1 aromatic carbocycles. The van der Waals surface area contributed by atoms with E-state index < -0.39 is 0 Å². The fourth-order valence-electron chi connectivity index (χ4n) is 1.36. The molecule has 0 unspecified atom stereocenters. The zero-order chi connectivity index (χ0) is 11.1. The first kappa shape index (κ1) is 11.6. The Morgan fingerprint density at radius 1 is 1.33 bits per heavy atom. The van der Waals surface area contributed by atoms with Gasteiger partial charge in [-0.05, 0) is 30.5 Å². The summed E-state index contributed by atoms with van der Waals surface area (Å²) in [4.78, 5) is 11.4. The van der Waals surface area contributed by atoms with Crippen LogP contribution < -0.4 is 0 Å². The van der Waals surface area contributed by atoms with Crippen LogP contribution in [0.3, 0.4) is 0 Å². The number of carbonyl (C=O) groups excluding carboxylic acids is 1. The molecule has 0 aliphatic rings. The Labute approximate surface area is 89.6 Å². The molecule has 0 radical (unpaired) electrons. The van der Waals surface area contributed by atoms with E-state index in [9.17, 15) is 9.18 Å². The molecular weight excluding hydrogens is 191 g/mol. The topological polar surface area (TPSA) is 17.1 Å². The number of ketones is 1. The maximum Gasteiger partial charge on any atom is 0.137 e. The van der Waals surface area contributed by atoms with Crippen LogP contribution in [0.4, 0.5) is 4.39 Å². The Hall–Kier alpha value is -1.44. The number of hydrogen-bond acceptors (Lipinski definition) is 1. The predicted molar refractivity (Wildman–Crippen MR) is 59.2 cm³/mol. The highest BCUT2D eigenvalue weighted by atomic mass is 19.1. The quantitative estimate of drug-likeness (QED) is 0.515. The second-order valence-electron chi connectivity index (χ2n) is 3.52. The largest absolute Gasteiger partial charge is 0.299 e. The van der Waals surface area contributed by atoms with E-state index in [2.05, 4.69) is 6.58 Å². The summed E-state index contributed by atoms with van der Waals surface area (Å²) in [6.07, 6.45) is 4.50. The average Bonchev–Trinajstić information content (AvgIpc) is 2.22. The molecule has 0 spiro atoms. The number of rotatable bonds is 6. The van der Waals surface area contributed by atoms with E-state index in [1.165, 1.54) is 12.1 Å². The van der Waals surface area contributed by atoms with Crippen LogP contribution in [0.15, 0.2) is 36.9 Å². The molecule has 0 heterocycles. The molecule has 2 heteroatoms. The molecule has 0 aromatic heterocycles. The van der Waals surface area contributed by atoms with Gasteiger partial charge in [0.25, 0.3) is 0 Å². The van der Waals surface area contributed by atoms with Crippen molar-refractivity contribution in [3.8, 4) is 0 Å². The molecule has 0 saturated carbocycles. The smallest absolute Gasteiger partial charge is 0.137 e. The summed E-state index contributed by atoms with van der Waals surface area (Å²) in [5.41, 5.74) is 0.875. The van der Waals surface area contributed by atoms with Crippen LogP contribution in [0.2, 0.25) is 0 Å². The highest BCUT2D eigenvalue weighted by molar-refractivity contribution is 5.80. The summed E-state index contributed by atoms with van der Waals surface area (Å²) in [7, 11) is 0. The second kappa shape index (κ2) is 6.12. The van der Waals surface area contributed by atoms with Crippen molar-refractivity contribution in [3.05, 3.63) is 48.3 Å². The van der Waals surface area contributed by atoms with Gasteiger partial charge < -0.3 is 0 Å². The molecule has 1 aromatic rings. The van der Waals surface area contributed by atoms with Crippen LogP contribution in [0, 0.1) is 5.82 Å². The molecule has 0 bridgehead atoms. The zero-order valence-electron chi connectivity index (χ0n) is 8.71. The van der Waals surface area contributed by atoms with Crippen molar-refractivity contribution >= 4 is 5.78 Å². The highest BCUT2D eigenvalue weighted by Crippen LogP contribution is 2.06. The molecule has 80 valence electrons. The molecule has 1 rings (SSSR count). The van der Waals surface area contributed by atoms with Gasteiger partial charge >= 0.3 is 0 Å². The first-order chi connectivity index (χ1) is 7.22. The maximum absolute atomic E-state index is 12.6. The van der Waals surface area contributed by atoms with E-state index in [-0.39, 0.29) is 11.6 Å². The molecule has 0 atom stereocenters. The summed E-state index contributed by atoms with van der Waals surface area (Å²) in [6.45, 7) is 3.60. The molecule has 0 saturated heterocycles. The number of benzene rings is 1. The van der Waals surface area contributed by atoms with Crippen LogP contribution in [-0.4, -0.2) is 5.78 Å². The number of Topliss-reactive ketones (excluding diaryl/α,β-unsaturated/α-hetero) is 1. The monoisotopic (exact) mass is 206 g/mol. The third-order valence-electron chi connectivity index (χ3n) is 2.18. The maximum atomic E-state index is 12.6. The lowest BCUT2D eigenvalue weighted by atomic mass is 10.0. The van der Waals surface area contributed by atoms with Gasteiger partial charge in [0, 0.05) is 12.8 Å². The summed E-state index contributed by atoms with van der Waals surface area (Å²) in [5, 5.41) is 0. The predicted octanol–water partition coefficient (Wildman–Crippen LogP) is 3.29. The number of allylic oxidation sites excluding steroid dienone is 1. The van der Waals surface area contributed by atoms with Gasteiger partial charge in [-0.2, -0.15) is 0 Å². The third-order valence-corrected chi connectivity index (χ3v) is 2.18. The summed E-state index contributed by atoms with van der Waals surface area (Å²) in [6, 6.07) is 6.07. The molecule has 0 amide bonds. The SMILES string of the molecule is C=CCCCC(=O)Cc1ccc(F)cc1. The Morgan fingerprint density at radius 3 is 2.60 bits per heavy atom. The van der Waals surface area contributed by atoms with E-state index in [1.807, 2.05) is 6.08 Å². The Kier molecular flexibility index (Phi) is 4.75. The number of hydrogen-bond donors (Lipinski definition) is 0. The zero-order valence-corrected chi connectivity index (χ0v) is 8.71. The standard InChI is InChI=1S/C13H15FO/c1-2-3-4-5-13(15)10-11-6-8-12(14)9-7-11/h2,6-9H,1,3-5,10H2. The minimum absolute atomic E-state index is 0.198.